The molecule has 1 aromatic heterocycles. The fourth-order valence-corrected chi connectivity index (χ4v) is 10.6. The number of fused-ring (bicyclic) bond motifs is 6. The van der Waals surface area contributed by atoms with Crippen molar-refractivity contribution in [2.24, 2.45) is 0 Å². The average Bonchev–Trinajstić information content (AvgIpc) is 3.82. The summed E-state index contributed by atoms with van der Waals surface area (Å²) in [5.74, 6) is 0. The molecule has 0 bridgehead atoms. The highest BCUT2D eigenvalue weighted by molar-refractivity contribution is 7.26. The number of thiophene rings is 1. The Bertz CT molecular complexity index is 3030. The molecule has 0 saturated carbocycles. The van der Waals surface area contributed by atoms with Crippen LogP contribution in [-0.4, -0.2) is 0 Å². The van der Waals surface area contributed by atoms with Crippen molar-refractivity contribution >= 4 is 48.6 Å². The second-order valence-corrected chi connectivity index (χ2v) is 15.9. The van der Waals surface area contributed by atoms with Crippen LogP contribution in [0.2, 0.25) is 0 Å². The summed E-state index contributed by atoms with van der Waals surface area (Å²) in [5, 5.41) is 2.62. The molecule has 9 aromatic carbocycles. The lowest BCUT2D eigenvalue weighted by atomic mass is 9.67. The largest absolute Gasteiger partial charge is 0.310 e. The highest BCUT2D eigenvalue weighted by atomic mass is 32.1. The lowest BCUT2D eigenvalue weighted by Gasteiger charge is -2.35. The van der Waals surface area contributed by atoms with E-state index >= 15 is 0 Å². The fourth-order valence-electron chi connectivity index (χ4n) is 9.32. The molecule has 0 unspecified atom stereocenters. The summed E-state index contributed by atoms with van der Waals surface area (Å²) in [5.41, 5.74) is 15.3. The van der Waals surface area contributed by atoms with E-state index in [-0.39, 0.29) is 0 Å². The Morgan fingerprint density at radius 2 is 0.912 bits per heavy atom. The fraction of sp³-hybridized carbons (Fsp3) is 0.0182. The van der Waals surface area contributed by atoms with Crippen LogP contribution in [0.3, 0.4) is 0 Å². The van der Waals surface area contributed by atoms with Gasteiger partial charge in [0.25, 0.3) is 0 Å². The first kappa shape index (κ1) is 33.3. The molecule has 0 N–H and O–H groups in total. The third kappa shape index (κ3) is 5.29. The van der Waals surface area contributed by atoms with E-state index in [1.807, 2.05) is 11.3 Å². The Morgan fingerprint density at radius 3 is 1.70 bits per heavy atom. The van der Waals surface area contributed by atoms with E-state index in [1.54, 1.807) is 0 Å². The van der Waals surface area contributed by atoms with Crippen molar-refractivity contribution in [2.45, 2.75) is 5.41 Å². The molecule has 11 rings (SSSR count). The van der Waals surface area contributed by atoms with Gasteiger partial charge < -0.3 is 4.90 Å². The molecule has 0 saturated heterocycles. The third-order valence-corrected chi connectivity index (χ3v) is 13.0. The molecule has 0 fully saturated rings. The van der Waals surface area contributed by atoms with Gasteiger partial charge in [0.1, 0.15) is 0 Å². The Hall–Kier alpha value is -7.00. The van der Waals surface area contributed by atoms with Crippen molar-refractivity contribution in [3.05, 3.63) is 247 Å². The monoisotopic (exact) mass is 743 g/mol. The van der Waals surface area contributed by atoms with Gasteiger partial charge in [-0.1, -0.05) is 188 Å². The summed E-state index contributed by atoms with van der Waals surface area (Å²) in [7, 11) is 0. The number of rotatable bonds is 7. The van der Waals surface area contributed by atoms with Gasteiger partial charge >= 0.3 is 0 Å². The van der Waals surface area contributed by atoms with Crippen molar-refractivity contribution in [1.82, 2.24) is 0 Å². The molecule has 0 radical (unpaired) electrons. The Kier molecular flexibility index (Phi) is 7.98. The molecular formula is C55H37NS. The second-order valence-electron chi connectivity index (χ2n) is 14.8. The maximum absolute atomic E-state index is 2.47. The van der Waals surface area contributed by atoms with E-state index in [0.717, 1.165) is 17.1 Å². The topological polar surface area (TPSA) is 3.24 Å². The predicted molar refractivity (Wildman–Crippen MR) is 242 cm³/mol. The first-order valence-corrected chi connectivity index (χ1v) is 20.4. The highest BCUT2D eigenvalue weighted by Gasteiger charge is 2.46. The van der Waals surface area contributed by atoms with Crippen molar-refractivity contribution in [1.29, 1.82) is 0 Å². The summed E-state index contributed by atoms with van der Waals surface area (Å²) >= 11 is 1.88. The zero-order valence-electron chi connectivity index (χ0n) is 31.2. The first-order valence-electron chi connectivity index (χ1n) is 19.6. The Balaban J connectivity index is 1.18. The standard InChI is InChI=1S/C55H37NS/c1-4-18-38(19-5-1)44-26-11-14-32-52(44)56(42-25-16-20-39(36-42)45-29-17-30-49-48-28-12-15-33-53(48)57-54(45)49)43-34-35-47-46-27-10-13-31-50(46)55(51(47)37-43,40-21-6-2-7-22-40)41-23-8-3-9-24-41/h1-37H. The quantitative estimate of drug-likeness (QED) is 0.157. The molecule has 1 aliphatic carbocycles. The summed E-state index contributed by atoms with van der Waals surface area (Å²) in [6.07, 6.45) is 0. The lowest BCUT2D eigenvalue weighted by molar-refractivity contribution is 0.768. The Labute approximate surface area is 337 Å². The zero-order valence-corrected chi connectivity index (χ0v) is 32.0. The number of nitrogens with zero attached hydrogens (tertiary/aromatic N) is 1. The molecule has 0 amide bonds. The Morgan fingerprint density at radius 1 is 0.351 bits per heavy atom. The molecular weight excluding hydrogens is 707 g/mol. The van der Waals surface area contributed by atoms with Crippen LogP contribution in [-0.2, 0) is 5.41 Å². The summed E-state index contributed by atoms with van der Waals surface area (Å²) in [6, 6.07) is 82.5. The maximum Gasteiger partial charge on any atom is 0.0714 e. The molecule has 0 aliphatic heterocycles. The van der Waals surface area contributed by atoms with Gasteiger partial charge in [0.05, 0.1) is 11.1 Å². The van der Waals surface area contributed by atoms with E-state index in [4.69, 9.17) is 0 Å². The van der Waals surface area contributed by atoms with E-state index in [9.17, 15) is 0 Å². The predicted octanol–water partition coefficient (Wildman–Crippen LogP) is 15.2. The summed E-state index contributed by atoms with van der Waals surface area (Å²) in [6.45, 7) is 0. The number of para-hydroxylation sites is 1. The zero-order chi connectivity index (χ0) is 37.8. The molecule has 0 atom stereocenters. The second kappa shape index (κ2) is 13.6. The van der Waals surface area contributed by atoms with Gasteiger partial charge in [-0.2, -0.15) is 0 Å². The number of hydrogen-bond donors (Lipinski definition) is 0. The van der Waals surface area contributed by atoms with Crippen LogP contribution in [0.4, 0.5) is 17.1 Å². The number of benzene rings is 9. The van der Waals surface area contributed by atoms with Crippen LogP contribution in [0.15, 0.2) is 224 Å². The van der Waals surface area contributed by atoms with Gasteiger partial charge in [-0.3, -0.25) is 0 Å². The normalized spacial score (nSPS) is 12.7. The number of anilines is 3. The maximum atomic E-state index is 2.47. The van der Waals surface area contributed by atoms with Crippen molar-refractivity contribution in [3.63, 3.8) is 0 Å². The smallest absolute Gasteiger partial charge is 0.0714 e. The third-order valence-electron chi connectivity index (χ3n) is 11.7. The first-order chi connectivity index (χ1) is 28.3. The average molecular weight is 744 g/mol. The highest BCUT2D eigenvalue weighted by Crippen LogP contribution is 2.57. The minimum atomic E-state index is -0.506. The molecule has 0 spiro atoms. The van der Waals surface area contributed by atoms with Gasteiger partial charge in [-0.15, -0.1) is 11.3 Å². The lowest BCUT2D eigenvalue weighted by Crippen LogP contribution is -2.28. The van der Waals surface area contributed by atoms with Crippen LogP contribution >= 0.6 is 11.3 Å². The van der Waals surface area contributed by atoms with Gasteiger partial charge in [0.15, 0.2) is 0 Å². The minimum absolute atomic E-state index is 0.506. The van der Waals surface area contributed by atoms with E-state index < -0.39 is 5.41 Å². The molecule has 1 aliphatic rings. The molecule has 57 heavy (non-hydrogen) atoms. The van der Waals surface area contributed by atoms with Gasteiger partial charge in [0, 0.05) is 37.1 Å². The molecule has 1 heterocycles. The van der Waals surface area contributed by atoms with E-state index in [2.05, 4.69) is 229 Å². The molecule has 10 aromatic rings. The van der Waals surface area contributed by atoms with Crippen molar-refractivity contribution in [3.8, 4) is 33.4 Å². The summed E-state index contributed by atoms with van der Waals surface area (Å²) < 4.78 is 2.63. The number of hydrogen-bond acceptors (Lipinski definition) is 2. The van der Waals surface area contributed by atoms with E-state index in [1.165, 1.54) is 75.8 Å². The van der Waals surface area contributed by atoms with Crippen molar-refractivity contribution in [2.75, 3.05) is 4.90 Å². The van der Waals surface area contributed by atoms with Crippen LogP contribution in [0.25, 0.3) is 53.6 Å². The molecule has 2 heteroatoms. The molecule has 268 valence electrons. The SMILES string of the molecule is c1ccc(-c2ccccc2N(c2cccc(-c3cccc4c3sc3ccccc34)c2)c2ccc3c(c2)C(c2ccccc2)(c2ccccc2)c2ccccc2-3)cc1. The van der Waals surface area contributed by atoms with Crippen LogP contribution < -0.4 is 4.90 Å². The van der Waals surface area contributed by atoms with Gasteiger partial charge in [-0.25, -0.2) is 0 Å². The summed E-state index contributed by atoms with van der Waals surface area (Å²) in [4.78, 5) is 2.47. The van der Waals surface area contributed by atoms with Crippen LogP contribution in [0, 0.1) is 0 Å². The van der Waals surface area contributed by atoms with Gasteiger partial charge in [0.2, 0.25) is 0 Å². The van der Waals surface area contributed by atoms with Crippen LogP contribution in [0.5, 0.6) is 0 Å². The van der Waals surface area contributed by atoms with E-state index in [0.29, 0.717) is 0 Å². The minimum Gasteiger partial charge on any atom is -0.310 e. The van der Waals surface area contributed by atoms with Gasteiger partial charge in [-0.05, 0) is 86.5 Å². The van der Waals surface area contributed by atoms with Crippen LogP contribution in [0.1, 0.15) is 22.3 Å². The molecule has 1 nitrogen and oxygen atoms in total. The van der Waals surface area contributed by atoms with Crippen molar-refractivity contribution < 1.29 is 0 Å².